The quantitative estimate of drug-likeness (QED) is 0.201. The van der Waals surface area contributed by atoms with E-state index in [4.69, 9.17) is 9.73 Å². The smallest absolute Gasteiger partial charge is 0.191 e. The van der Waals surface area contributed by atoms with Crippen LogP contribution in [0.2, 0.25) is 0 Å². The minimum absolute atomic E-state index is 0. The molecule has 7 nitrogen and oxygen atoms in total. The number of morpholine rings is 1. The average Bonchev–Trinajstić information content (AvgIpc) is 3.40. The molecule has 31 heavy (non-hydrogen) atoms. The fourth-order valence-electron chi connectivity index (χ4n) is 3.77. The molecule has 0 aromatic carbocycles. The molecule has 2 aromatic heterocycles. The zero-order chi connectivity index (χ0) is 21.2. The lowest BCUT2D eigenvalue weighted by atomic mass is 10.1. The van der Waals surface area contributed by atoms with E-state index in [1.54, 1.807) is 0 Å². The fourth-order valence-corrected chi connectivity index (χ4v) is 4.62. The van der Waals surface area contributed by atoms with Gasteiger partial charge in [-0.1, -0.05) is 6.07 Å². The van der Waals surface area contributed by atoms with Crippen molar-refractivity contribution >= 4 is 41.3 Å². The third-order valence-electron chi connectivity index (χ3n) is 5.39. The first-order valence-electron chi connectivity index (χ1n) is 11.1. The van der Waals surface area contributed by atoms with Crippen LogP contribution in [0.15, 0.2) is 34.9 Å². The first-order chi connectivity index (χ1) is 14.7. The van der Waals surface area contributed by atoms with Crippen molar-refractivity contribution in [3.05, 3.63) is 40.6 Å². The Bertz CT molecular complexity index is 766. The van der Waals surface area contributed by atoms with Crippen LogP contribution in [0.25, 0.3) is 0 Å². The molecule has 1 aliphatic rings. The maximum Gasteiger partial charge on any atom is 0.191 e. The summed E-state index contributed by atoms with van der Waals surface area (Å²) in [4.78, 5) is 13.1. The van der Waals surface area contributed by atoms with E-state index in [9.17, 15) is 0 Å². The van der Waals surface area contributed by atoms with Crippen LogP contribution in [0, 0.1) is 6.92 Å². The maximum absolute atomic E-state index is 5.75. The molecule has 0 bridgehead atoms. The summed E-state index contributed by atoms with van der Waals surface area (Å²) in [6, 6.07) is 4.66. The molecule has 0 radical (unpaired) electrons. The zero-order valence-corrected chi connectivity index (χ0v) is 22.1. The van der Waals surface area contributed by atoms with E-state index >= 15 is 0 Å². The number of guanidine groups is 1. The monoisotopic (exact) mass is 560 g/mol. The fraction of sp³-hybridized carbons (Fsp3) is 0.636. The van der Waals surface area contributed by atoms with Gasteiger partial charge in [0.05, 0.1) is 25.3 Å². The van der Waals surface area contributed by atoms with Gasteiger partial charge < -0.3 is 19.9 Å². The first-order valence-corrected chi connectivity index (χ1v) is 11.9. The number of nitrogens with zero attached hydrogens (tertiary/aromatic N) is 4. The number of imidazole rings is 1. The van der Waals surface area contributed by atoms with Crippen LogP contribution in [0.5, 0.6) is 0 Å². The first kappa shape index (κ1) is 26.1. The number of hydrogen-bond acceptors (Lipinski definition) is 5. The van der Waals surface area contributed by atoms with E-state index in [2.05, 4.69) is 56.4 Å². The molecule has 0 saturated carbocycles. The second-order valence-electron chi connectivity index (χ2n) is 7.73. The molecule has 2 aromatic rings. The summed E-state index contributed by atoms with van der Waals surface area (Å²) in [6.45, 7) is 12.5. The molecule has 1 aliphatic heterocycles. The summed E-state index contributed by atoms with van der Waals surface area (Å²) in [6.07, 6.45) is 6.40. The maximum atomic E-state index is 5.75. The lowest BCUT2D eigenvalue weighted by molar-refractivity contribution is -0.0327. The number of aromatic nitrogens is 2. The number of hydrogen-bond donors (Lipinski definition) is 2. The van der Waals surface area contributed by atoms with Crippen molar-refractivity contribution in [2.24, 2.45) is 4.99 Å². The van der Waals surface area contributed by atoms with Crippen LogP contribution in [0.1, 0.15) is 43.4 Å². The highest BCUT2D eigenvalue weighted by Gasteiger charge is 2.26. The van der Waals surface area contributed by atoms with E-state index in [0.29, 0.717) is 6.04 Å². The lowest BCUT2D eigenvalue weighted by Crippen LogP contribution is -2.44. The summed E-state index contributed by atoms with van der Waals surface area (Å²) in [5.74, 6) is 1.98. The number of aliphatic imine (C=N–C) groups is 1. The highest BCUT2D eigenvalue weighted by Crippen LogP contribution is 2.27. The van der Waals surface area contributed by atoms with E-state index in [-0.39, 0.29) is 30.1 Å². The summed E-state index contributed by atoms with van der Waals surface area (Å²) >= 11 is 1.82. The minimum Gasteiger partial charge on any atom is -0.376 e. The van der Waals surface area contributed by atoms with Crippen LogP contribution in [-0.2, 0) is 11.3 Å². The lowest BCUT2D eigenvalue weighted by Gasteiger charge is -2.36. The number of halogens is 1. The van der Waals surface area contributed by atoms with Gasteiger partial charge in [-0.3, -0.25) is 9.89 Å². The standard InChI is InChI=1S/C22H36N6OS.HI/c1-4-23-22(25-9-5-6-11-27-12-10-24-19(27)3)26-16-20(21-8-7-15-30-21)28-13-14-29-18(2)17-28;/h7-8,10,12,15,18,20H,4-6,9,11,13-14,16-17H2,1-3H3,(H2,23,25,26);1H. The van der Waals surface area contributed by atoms with E-state index in [1.165, 1.54) is 4.88 Å². The average molecular weight is 561 g/mol. The number of aryl methyl sites for hydroxylation is 2. The zero-order valence-electron chi connectivity index (χ0n) is 18.9. The summed E-state index contributed by atoms with van der Waals surface area (Å²) < 4.78 is 7.95. The molecule has 0 amide bonds. The molecule has 2 N–H and O–H groups in total. The molecule has 3 heterocycles. The predicted octanol–water partition coefficient (Wildman–Crippen LogP) is 3.67. The molecule has 174 valence electrons. The van der Waals surface area contributed by atoms with Gasteiger partial charge in [0, 0.05) is 50.0 Å². The van der Waals surface area contributed by atoms with Crippen LogP contribution in [-0.4, -0.2) is 65.8 Å². The second kappa shape index (κ2) is 14.1. The number of ether oxygens (including phenoxy) is 1. The molecule has 2 unspecified atom stereocenters. The van der Waals surface area contributed by atoms with Gasteiger partial charge in [0.15, 0.2) is 5.96 Å². The van der Waals surface area contributed by atoms with Crippen LogP contribution < -0.4 is 10.6 Å². The molecule has 0 aliphatic carbocycles. The molecule has 3 rings (SSSR count). The Balaban J connectivity index is 0.00000341. The van der Waals surface area contributed by atoms with E-state index in [0.717, 1.165) is 70.5 Å². The molecule has 9 heteroatoms. The predicted molar refractivity (Wildman–Crippen MR) is 140 cm³/mol. The Labute approximate surface area is 207 Å². The minimum atomic E-state index is 0. The highest BCUT2D eigenvalue weighted by molar-refractivity contribution is 14.0. The van der Waals surface area contributed by atoms with Crippen LogP contribution in [0.4, 0.5) is 0 Å². The van der Waals surface area contributed by atoms with Crippen LogP contribution in [0.3, 0.4) is 0 Å². The molecule has 1 saturated heterocycles. The second-order valence-corrected chi connectivity index (χ2v) is 8.71. The van der Waals surface area contributed by atoms with Gasteiger partial charge in [-0.2, -0.15) is 0 Å². The van der Waals surface area contributed by atoms with Gasteiger partial charge in [-0.05, 0) is 45.1 Å². The normalized spacial score (nSPS) is 18.4. The van der Waals surface area contributed by atoms with Crippen molar-refractivity contribution in [3.8, 4) is 0 Å². The number of nitrogens with one attached hydrogen (secondary N) is 2. The van der Waals surface area contributed by atoms with Crippen molar-refractivity contribution in [1.29, 1.82) is 0 Å². The third kappa shape index (κ3) is 8.36. The van der Waals surface area contributed by atoms with Gasteiger partial charge in [0.2, 0.25) is 0 Å². The van der Waals surface area contributed by atoms with E-state index in [1.807, 2.05) is 30.7 Å². The van der Waals surface area contributed by atoms with Gasteiger partial charge >= 0.3 is 0 Å². The van der Waals surface area contributed by atoms with Gasteiger partial charge in [0.25, 0.3) is 0 Å². The highest BCUT2D eigenvalue weighted by atomic mass is 127. The van der Waals surface area contributed by atoms with E-state index < -0.39 is 0 Å². The Morgan fingerprint density at radius 1 is 1.39 bits per heavy atom. The molecule has 2 atom stereocenters. The molecular weight excluding hydrogens is 523 g/mol. The van der Waals surface area contributed by atoms with Gasteiger partial charge in [-0.15, -0.1) is 35.3 Å². The Kier molecular flexibility index (Phi) is 11.8. The number of unbranched alkanes of at least 4 members (excludes halogenated alkanes) is 1. The number of rotatable bonds is 10. The Morgan fingerprint density at radius 2 is 2.26 bits per heavy atom. The molecule has 1 fully saturated rings. The van der Waals surface area contributed by atoms with Crippen molar-refractivity contribution in [3.63, 3.8) is 0 Å². The summed E-state index contributed by atoms with van der Waals surface area (Å²) in [5.41, 5.74) is 0. The topological polar surface area (TPSA) is 66.7 Å². The number of thiophene rings is 1. The van der Waals surface area contributed by atoms with Crippen molar-refractivity contribution in [1.82, 2.24) is 25.1 Å². The Hall–Kier alpha value is -1.17. The summed E-state index contributed by atoms with van der Waals surface area (Å²) in [5, 5.41) is 9.05. The van der Waals surface area contributed by atoms with Crippen molar-refractivity contribution < 1.29 is 4.74 Å². The largest absolute Gasteiger partial charge is 0.376 e. The molecular formula is C22H37IN6OS. The van der Waals surface area contributed by atoms with Crippen molar-refractivity contribution in [2.75, 3.05) is 39.3 Å². The van der Waals surface area contributed by atoms with Crippen LogP contribution >= 0.6 is 35.3 Å². The molecule has 0 spiro atoms. The third-order valence-corrected chi connectivity index (χ3v) is 6.37. The van der Waals surface area contributed by atoms with Gasteiger partial charge in [0.1, 0.15) is 5.82 Å². The van der Waals surface area contributed by atoms with Gasteiger partial charge in [-0.25, -0.2) is 4.98 Å². The SMILES string of the molecule is CCNC(=NCC(c1cccs1)N1CCOC(C)C1)NCCCCn1ccnc1C.I. The Morgan fingerprint density at radius 3 is 2.94 bits per heavy atom. The van der Waals surface area contributed by atoms with Crippen molar-refractivity contribution in [2.45, 2.75) is 52.3 Å². The summed E-state index contributed by atoms with van der Waals surface area (Å²) in [7, 11) is 0.